The maximum Gasteiger partial charge on any atom is 0.281 e. The molecular formula is C58H61Cl4FN4O14S. The number of ether oxygens (including phenoxy) is 3. The van der Waals surface area contributed by atoms with E-state index in [-0.39, 0.29) is 64.0 Å². The number of Topliss-reactive ketones (excluding diaryl/α,β-unsaturated/α-hetero) is 3. The Morgan fingerprint density at radius 2 is 1.55 bits per heavy atom. The zero-order chi connectivity index (χ0) is 60.9. The van der Waals surface area contributed by atoms with Crippen molar-refractivity contribution in [3.05, 3.63) is 122 Å². The molecule has 4 aliphatic rings. The molecule has 1 fully saturated rings. The number of benzene rings is 4. The summed E-state index contributed by atoms with van der Waals surface area (Å²) in [5.41, 5.74) is 3.57. The topological polar surface area (TPSA) is 234 Å². The van der Waals surface area contributed by atoms with Gasteiger partial charge in [-0.3, -0.25) is 43.7 Å². The number of terminal acetylenes is 1. The van der Waals surface area contributed by atoms with Crippen molar-refractivity contribution in [3.8, 4) is 23.8 Å². The third kappa shape index (κ3) is 15.7. The van der Waals surface area contributed by atoms with Gasteiger partial charge in [-0.15, -0.1) is 18.0 Å². The van der Waals surface area contributed by atoms with Crippen molar-refractivity contribution in [1.82, 2.24) is 0 Å². The van der Waals surface area contributed by atoms with Crippen molar-refractivity contribution < 1.29 is 65.5 Å². The number of carbonyl (C=O) groups is 7. The lowest BCUT2D eigenvalue weighted by Gasteiger charge is -2.35. The number of ketones is 3. The lowest BCUT2D eigenvalue weighted by atomic mass is 9.81. The number of nitrogens with zero attached hydrogens (tertiary/aromatic N) is 4. The van der Waals surface area contributed by atoms with Crippen LogP contribution in [-0.4, -0.2) is 110 Å². The summed E-state index contributed by atoms with van der Waals surface area (Å²) in [6.45, 7) is 10.5. The molecule has 4 amide bonds. The average Bonchev–Trinajstić information content (AvgIpc) is 3.87. The highest BCUT2D eigenvalue weighted by atomic mass is 35.5. The molecule has 0 spiro atoms. The van der Waals surface area contributed by atoms with Gasteiger partial charge in [-0.25, -0.2) is 17.7 Å². The first-order valence-electron chi connectivity index (χ1n) is 25.8. The highest BCUT2D eigenvalue weighted by Gasteiger charge is 2.42. The molecule has 3 unspecified atom stereocenters. The number of rotatable bonds is 14. The SMILES string of the molecule is C#CC(C)Oc1cc(N2C(=O)C3=C(CCCC3)C2=O)c(F)cc1Cl.CC1COc2ccccc2N1C(=O)C(Cl)Cl.CCc1cccc(C)c1N(C(=O)CCl)C(C)COC.CS(=O)(=O)c1ccc(C(=O)C2C(=O)CCCC2=O)c([N+](=O)[O-])c1. The summed E-state index contributed by atoms with van der Waals surface area (Å²) in [6, 6.07) is 18.4. The quantitative estimate of drug-likeness (QED) is 0.0217. The van der Waals surface area contributed by atoms with Crippen molar-refractivity contribution in [2.24, 2.45) is 5.92 Å². The number of aryl methyl sites for hydroxylation is 2. The van der Waals surface area contributed by atoms with Crippen molar-refractivity contribution >= 4 is 120 Å². The summed E-state index contributed by atoms with van der Waals surface area (Å²) in [5.74, 6) is -2.55. The molecule has 4 aromatic carbocycles. The number of fused-ring (bicyclic) bond motifs is 1. The van der Waals surface area contributed by atoms with Crippen LogP contribution in [0.5, 0.6) is 11.5 Å². The summed E-state index contributed by atoms with van der Waals surface area (Å²) in [6.07, 6.45) is 9.72. The number of hydrogen-bond acceptors (Lipinski definition) is 14. The number of imide groups is 1. The Morgan fingerprint density at radius 3 is 2.10 bits per heavy atom. The van der Waals surface area contributed by atoms with Crippen molar-refractivity contribution in [1.29, 1.82) is 0 Å². The largest absolute Gasteiger partial charge is 0.489 e. The number of hydrogen-bond donors (Lipinski definition) is 0. The van der Waals surface area contributed by atoms with E-state index in [4.69, 9.17) is 67.0 Å². The number of carbonyl (C=O) groups excluding carboxylic acids is 7. The molecule has 0 saturated heterocycles. The van der Waals surface area contributed by atoms with E-state index >= 15 is 0 Å². The van der Waals surface area contributed by atoms with Gasteiger partial charge in [0.2, 0.25) is 5.91 Å². The highest BCUT2D eigenvalue weighted by Crippen LogP contribution is 2.40. The second kappa shape index (κ2) is 29.5. The van der Waals surface area contributed by atoms with Gasteiger partial charge in [0.15, 0.2) is 38.1 Å². The van der Waals surface area contributed by atoms with Gasteiger partial charge in [-0.1, -0.05) is 78.0 Å². The van der Waals surface area contributed by atoms with Crippen LogP contribution in [0.3, 0.4) is 0 Å². The van der Waals surface area contributed by atoms with E-state index in [1.807, 2.05) is 57.2 Å². The zero-order valence-corrected chi connectivity index (χ0v) is 49.8. The number of nitro groups is 1. The second-order valence-corrected chi connectivity index (χ2v) is 23.1. The van der Waals surface area contributed by atoms with Gasteiger partial charge in [-0.05, 0) is 108 Å². The smallest absolute Gasteiger partial charge is 0.281 e. The average molecular weight is 1230 g/mol. The molecule has 0 radical (unpaired) electrons. The molecule has 2 heterocycles. The number of methoxy groups -OCH3 is 1. The molecule has 2 aliphatic heterocycles. The van der Waals surface area contributed by atoms with Crippen LogP contribution < -0.4 is 24.2 Å². The van der Waals surface area contributed by atoms with Gasteiger partial charge < -0.3 is 24.0 Å². The molecule has 18 nitrogen and oxygen atoms in total. The minimum absolute atomic E-state index is 0.0223. The molecular weight excluding hydrogens is 1170 g/mol. The van der Waals surface area contributed by atoms with E-state index in [0.717, 1.165) is 77.2 Å². The lowest BCUT2D eigenvalue weighted by molar-refractivity contribution is -0.385. The van der Waals surface area contributed by atoms with E-state index in [9.17, 15) is 56.5 Å². The standard InChI is InChI=1S/C18H15ClFNO3.C15H22ClNO2.C14H13NO7S.C11H11Cl2NO2/c1-3-10(2)24-16-9-15(14(20)8-13(16)19)21-17(22)11-6-4-5-7-12(11)18(21)23;1-5-13-8-6-7-11(2)15(13)17(14(18)9-16)12(3)10-19-4;1-23(21,22)8-5-6-9(10(7-8)15(19)20)14(18)13-11(16)3-2-4-12(13)17;1-7-6-16-9-5-3-2-4-8(9)14(7)11(15)10(12)13/h1,8-10H,4-7H2,2H3;6-8,12H,5,9-10H2,1-4H3;5-7,13H,2-4H2,1H3;2-5,7,10H,6H2,1H3. The molecule has 1 saturated carbocycles. The van der Waals surface area contributed by atoms with Crippen LogP contribution in [0, 0.1) is 41.1 Å². The molecule has 0 N–H and O–H groups in total. The van der Waals surface area contributed by atoms with Crippen LogP contribution in [0.1, 0.15) is 94.1 Å². The summed E-state index contributed by atoms with van der Waals surface area (Å²) in [4.78, 5) is 98.3. The van der Waals surface area contributed by atoms with Gasteiger partial charge in [0, 0.05) is 49.5 Å². The third-order valence-corrected chi connectivity index (χ3v) is 15.4. The van der Waals surface area contributed by atoms with Crippen LogP contribution in [-0.2, 0) is 49.8 Å². The first-order chi connectivity index (χ1) is 38.7. The summed E-state index contributed by atoms with van der Waals surface area (Å²) in [5, 5.41) is 11.2. The monoisotopic (exact) mass is 1230 g/mol. The predicted octanol–water partition coefficient (Wildman–Crippen LogP) is 10.5. The van der Waals surface area contributed by atoms with Crippen molar-refractivity contribution in [3.63, 3.8) is 0 Å². The number of anilines is 3. The van der Waals surface area contributed by atoms with Crippen LogP contribution in [0.25, 0.3) is 0 Å². The Bertz CT molecular complexity index is 3290. The van der Waals surface area contributed by atoms with Crippen molar-refractivity contribution in [2.45, 2.75) is 114 Å². The van der Waals surface area contributed by atoms with E-state index in [1.165, 1.54) is 6.07 Å². The molecule has 82 heavy (non-hydrogen) atoms. The summed E-state index contributed by atoms with van der Waals surface area (Å²) < 4.78 is 53.5. The van der Waals surface area contributed by atoms with Gasteiger partial charge >= 0.3 is 0 Å². The Hall–Kier alpha value is -6.73. The number of alkyl halides is 3. The van der Waals surface area contributed by atoms with Gasteiger partial charge in [0.05, 0.1) is 56.2 Å². The lowest BCUT2D eigenvalue weighted by Crippen LogP contribution is -2.47. The van der Waals surface area contributed by atoms with E-state index in [0.29, 0.717) is 49.4 Å². The molecule has 24 heteroatoms. The molecule has 8 rings (SSSR count). The van der Waals surface area contributed by atoms with Gasteiger partial charge in [-0.2, -0.15) is 0 Å². The maximum absolute atomic E-state index is 14.4. The van der Waals surface area contributed by atoms with Crippen LogP contribution in [0.4, 0.5) is 27.1 Å². The third-order valence-electron chi connectivity index (χ3n) is 13.4. The minimum atomic E-state index is -3.70. The van der Waals surface area contributed by atoms with Gasteiger partial charge in [0.25, 0.3) is 23.4 Å². The number of nitro benzene ring substituents is 1. The van der Waals surface area contributed by atoms with Gasteiger partial charge in [0.1, 0.15) is 35.7 Å². The number of amides is 4. The molecule has 0 aromatic heterocycles. The molecule has 4 aromatic rings. The minimum Gasteiger partial charge on any atom is -0.489 e. The zero-order valence-electron chi connectivity index (χ0n) is 46.0. The van der Waals surface area contributed by atoms with Crippen LogP contribution in [0.2, 0.25) is 5.02 Å². The summed E-state index contributed by atoms with van der Waals surface area (Å²) >= 11 is 23.0. The Morgan fingerprint density at radius 1 is 0.927 bits per heavy atom. The Balaban J connectivity index is 0.000000203. The Kier molecular flexibility index (Phi) is 23.8. The van der Waals surface area contributed by atoms with Crippen LogP contribution >= 0.6 is 46.4 Å². The van der Waals surface area contributed by atoms with E-state index < -0.39 is 77.9 Å². The fraction of sp³-hybridized carbons (Fsp3) is 0.397. The molecule has 438 valence electrons. The second-order valence-electron chi connectivity index (χ2n) is 19.3. The molecule has 0 bridgehead atoms. The van der Waals surface area contributed by atoms with E-state index in [2.05, 4.69) is 18.9 Å². The fourth-order valence-corrected chi connectivity index (χ4v) is 10.7. The maximum atomic E-state index is 14.4. The molecule has 2 aliphatic carbocycles. The van der Waals surface area contributed by atoms with E-state index in [1.54, 1.807) is 23.8 Å². The first-order valence-corrected chi connectivity index (χ1v) is 29.5. The Labute approximate surface area is 495 Å². The van der Waals surface area contributed by atoms with Crippen LogP contribution in [0.15, 0.2) is 88.8 Å². The van der Waals surface area contributed by atoms with Crippen molar-refractivity contribution in [2.75, 3.05) is 47.2 Å². The molecule has 3 atom stereocenters. The predicted molar refractivity (Wildman–Crippen MR) is 311 cm³/mol. The number of sulfone groups is 1. The number of para-hydroxylation sites is 3. The first kappa shape index (κ1) is 66.1. The number of halogens is 5. The highest BCUT2D eigenvalue weighted by molar-refractivity contribution is 7.90. The normalized spacial score (nSPS) is 16.6. The fourth-order valence-electron chi connectivity index (χ4n) is 9.48. The summed E-state index contributed by atoms with van der Waals surface area (Å²) in [7, 11) is -2.06.